The molecule has 0 spiro atoms. The van der Waals surface area contributed by atoms with E-state index in [1.54, 1.807) is 0 Å². The third-order valence-electron chi connectivity index (χ3n) is 3.84. The normalized spacial score (nSPS) is 11.2. The summed E-state index contributed by atoms with van der Waals surface area (Å²) in [5.41, 5.74) is 5.04. The molecule has 20 heavy (non-hydrogen) atoms. The maximum atomic E-state index is 2.34. The summed E-state index contributed by atoms with van der Waals surface area (Å²) in [6, 6.07) is 25.8. The molecule has 0 N–H and O–H groups in total. The zero-order chi connectivity index (χ0) is 13.5. The molecule has 0 radical (unpaired) electrons. The molecule has 0 aliphatic carbocycles. The molecule has 96 valence electrons. The summed E-state index contributed by atoms with van der Waals surface area (Å²) in [5.74, 6) is 0. The van der Waals surface area contributed by atoms with Gasteiger partial charge in [-0.2, -0.15) is 0 Å². The molecule has 4 rings (SSSR count). The zero-order valence-corrected chi connectivity index (χ0v) is 11.4. The van der Waals surface area contributed by atoms with Crippen molar-refractivity contribution in [2.24, 2.45) is 0 Å². The van der Waals surface area contributed by atoms with Gasteiger partial charge >= 0.3 is 0 Å². The van der Waals surface area contributed by atoms with Gasteiger partial charge in [0.25, 0.3) is 0 Å². The Hall–Kier alpha value is -2.54. The van der Waals surface area contributed by atoms with Crippen molar-refractivity contribution >= 4 is 21.8 Å². The number of fused-ring (bicyclic) bond motifs is 3. The zero-order valence-electron chi connectivity index (χ0n) is 11.4. The van der Waals surface area contributed by atoms with Crippen LogP contribution in [0.25, 0.3) is 27.5 Å². The lowest BCUT2D eigenvalue weighted by atomic mass is 10.1. The largest absolute Gasteiger partial charge is 0.309 e. The Labute approximate surface area is 118 Å². The van der Waals surface area contributed by atoms with Crippen LogP contribution in [0.1, 0.15) is 5.56 Å². The Morgan fingerprint density at radius 3 is 2.20 bits per heavy atom. The average molecular weight is 257 g/mol. The van der Waals surface area contributed by atoms with Crippen molar-refractivity contribution in [3.05, 3.63) is 78.4 Å². The lowest BCUT2D eigenvalue weighted by molar-refractivity contribution is 1.18. The number of aryl methyl sites for hydroxylation is 1. The summed E-state index contributed by atoms with van der Waals surface area (Å²) in [6.45, 7) is 2.15. The minimum absolute atomic E-state index is 1.21. The van der Waals surface area contributed by atoms with Gasteiger partial charge in [0, 0.05) is 16.5 Å². The highest BCUT2D eigenvalue weighted by molar-refractivity contribution is 6.09. The number of rotatable bonds is 1. The first-order chi connectivity index (χ1) is 9.84. The van der Waals surface area contributed by atoms with E-state index in [-0.39, 0.29) is 0 Å². The van der Waals surface area contributed by atoms with Crippen molar-refractivity contribution in [1.29, 1.82) is 0 Å². The van der Waals surface area contributed by atoms with Crippen LogP contribution >= 0.6 is 0 Å². The van der Waals surface area contributed by atoms with Gasteiger partial charge in [0.1, 0.15) is 0 Å². The molecule has 1 aromatic heterocycles. The minimum atomic E-state index is 1.21. The SMILES string of the molecule is Cc1ccc2c(c1)c1ccccc1n2-c1ccccc1. The van der Waals surface area contributed by atoms with Crippen LogP contribution in [0.3, 0.4) is 0 Å². The Bertz CT molecular complexity index is 901. The van der Waals surface area contributed by atoms with E-state index in [1.165, 1.54) is 33.1 Å². The second-order valence-corrected chi connectivity index (χ2v) is 5.21. The van der Waals surface area contributed by atoms with E-state index in [0.717, 1.165) is 0 Å². The van der Waals surface area contributed by atoms with Crippen LogP contribution in [-0.4, -0.2) is 4.57 Å². The van der Waals surface area contributed by atoms with Crippen molar-refractivity contribution in [2.45, 2.75) is 6.92 Å². The highest BCUT2D eigenvalue weighted by Crippen LogP contribution is 2.32. The fourth-order valence-corrected chi connectivity index (χ4v) is 2.94. The van der Waals surface area contributed by atoms with Gasteiger partial charge < -0.3 is 4.57 Å². The summed E-state index contributed by atoms with van der Waals surface area (Å²) in [5, 5.41) is 2.64. The molecule has 0 unspecified atom stereocenters. The molecule has 4 aromatic rings. The monoisotopic (exact) mass is 257 g/mol. The predicted octanol–water partition coefficient (Wildman–Crippen LogP) is 5.09. The van der Waals surface area contributed by atoms with Gasteiger partial charge in [-0.3, -0.25) is 0 Å². The van der Waals surface area contributed by atoms with Crippen LogP contribution in [0.15, 0.2) is 72.8 Å². The van der Waals surface area contributed by atoms with E-state index in [9.17, 15) is 0 Å². The van der Waals surface area contributed by atoms with Gasteiger partial charge in [0.15, 0.2) is 0 Å². The van der Waals surface area contributed by atoms with Gasteiger partial charge in [-0.1, -0.05) is 48.0 Å². The van der Waals surface area contributed by atoms with Gasteiger partial charge in [-0.15, -0.1) is 0 Å². The lowest BCUT2D eigenvalue weighted by Crippen LogP contribution is -1.92. The molecule has 1 heterocycles. The van der Waals surface area contributed by atoms with Crippen LogP contribution in [0.2, 0.25) is 0 Å². The summed E-state index contributed by atoms with van der Waals surface area (Å²) in [7, 11) is 0. The fraction of sp³-hybridized carbons (Fsp3) is 0.0526. The van der Waals surface area contributed by atoms with Crippen molar-refractivity contribution in [3.8, 4) is 5.69 Å². The number of aromatic nitrogens is 1. The van der Waals surface area contributed by atoms with Crippen LogP contribution in [0.4, 0.5) is 0 Å². The van der Waals surface area contributed by atoms with E-state index in [4.69, 9.17) is 0 Å². The first kappa shape index (κ1) is 11.3. The Kier molecular flexibility index (Phi) is 2.40. The summed E-state index contributed by atoms with van der Waals surface area (Å²) in [6.07, 6.45) is 0. The Balaban J connectivity index is 2.22. The molecule has 0 aliphatic rings. The quantitative estimate of drug-likeness (QED) is 0.447. The molecule has 0 saturated carbocycles. The molecule has 0 atom stereocenters. The molecule has 1 nitrogen and oxygen atoms in total. The maximum Gasteiger partial charge on any atom is 0.0541 e. The van der Waals surface area contributed by atoms with Gasteiger partial charge in [0.2, 0.25) is 0 Å². The van der Waals surface area contributed by atoms with E-state index in [2.05, 4.69) is 84.3 Å². The molecular weight excluding hydrogens is 242 g/mol. The molecule has 0 fully saturated rings. The fourth-order valence-electron chi connectivity index (χ4n) is 2.94. The summed E-state index contributed by atoms with van der Waals surface area (Å²) in [4.78, 5) is 0. The third kappa shape index (κ3) is 1.56. The summed E-state index contributed by atoms with van der Waals surface area (Å²) >= 11 is 0. The molecule has 1 heteroatoms. The number of hydrogen-bond acceptors (Lipinski definition) is 0. The molecule has 0 saturated heterocycles. The second-order valence-electron chi connectivity index (χ2n) is 5.21. The second kappa shape index (κ2) is 4.24. The Morgan fingerprint density at radius 2 is 1.35 bits per heavy atom. The van der Waals surface area contributed by atoms with E-state index < -0.39 is 0 Å². The van der Waals surface area contributed by atoms with Gasteiger partial charge in [-0.05, 0) is 37.3 Å². The van der Waals surface area contributed by atoms with Crippen LogP contribution < -0.4 is 0 Å². The van der Waals surface area contributed by atoms with Crippen molar-refractivity contribution in [2.75, 3.05) is 0 Å². The van der Waals surface area contributed by atoms with E-state index in [0.29, 0.717) is 0 Å². The van der Waals surface area contributed by atoms with Crippen molar-refractivity contribution in [3.63, 3.8) is 0 Å². The Morgan fingerprint density at radius 1 is 0.650 bits per heavy atom. The topological polar surface area (TPSA) is 4.93 Å². The maximum absolute atomic E-state index is 2.34. The number of nitrogens with zero attached hydrogens (tertiary/aromatic N) is 1. The van der Waals surface area contributed by atoms with Crippen molar-refractivity contribution < 1.29 is 0 Å². The molecular formula is C19H15N. The van der Waals surface area contributed by atoms with Crippen LogP contribution in [0, 0.1) is 6.92 Å². The highest BCUT2D eigenvalue weighted by atomic mass is 15.0. The summed E-state index contributed by atoms with van der Waals surface area (Å²) < 4.78 is 2.34. The molecule has 3 aromatic carbocycles. The molecule has 0 amide bonds. The van der Waals surface area contributed by atoms with Crippen LogP contribution in [-0.2, 0) is 0 Å². The van der Waals surface area contributed by atoms with E-state index in [1.807, 2.05) is 0 Å². The van der Waals surface area contributed by atoms with Crippen LogP contribution in [0.5, 0.6) is 0 Å². The molecule has 0 bridgehead atoms. The van der Waals surface area contributed by atoms with Crippen molar-refractivity contribution in [1.82, 2.24) is 4.57 Å². The number of hydrogen-bond donors (Lipinski definition) is 0. The lowest BCUT2D eigenvalue weighted by Gasteiger charge is -2.07. The smallest absolute Gasteiger partial charge is 0.0541 e. The van der Waals surface area contributed by atoms with Gasteiger partial charge in [-0.25, -0.2) is 0 Å². The standard InChI is InChI=1S/C19H15N/c1-14-11-12-19-17(13-14)16-9-5-6-10-18(16)20(19)15-7-3-2-4-8-15/h2-13H,1H3. The number of para-hydroxylation sites is 2. The first-order valence-electron chi connectivity index (χ1n) is 6.90. The molecule has 0 aliphatic heterocycles. The third-order valence-corrected chi connectivity index (χ3v) is 3.84. The number of benzene rings is 3. The predicted molar refractivity (Wildman–Crippen MR) is 85.5 cm³/mol. The van der Waals surface area contributed by atoms with Gasteiger partial charge in [0.05, 0.1) is 11.0 Å². The minimum Gasteiger partial charge on any atom is -0.309 e. The highest BCUT2D eigenvalue weighted by Gasteiger charge is 2.11. The first-order valence-corrected chi connectivity index (χ1v) is 6.90. The van der Waals surface area contributed by atoms with E-state index >= 15 is 0 Å². The average Bonchev–Trinajstić information content (AvgIpc) is 2.82.